The second-order valence-electron chi connectivity index (χ2n) is 4.44. The van der Waals surface area contributed by atoms with Gasteiger partial charge in [-0.3, -0.25) is 4.90 Å². The molecule has 16 heavy (non-hydrogen) atoms. The first-order chi connectivity index (χ1) is 7.69. The molecule has 0 saturated carbocycles. The number of alkyl halides is 1. The van der Waals surface area contributed by atoms with Crippen LogP contribution in [0.15, 0.2) is 17.5 Å². The molecule has 0 aliphatic carbocycles. The van der Waals surface area contributed by atoms with E-state index in [-0.39, 0.29) is 0 Å². The third-order valence-corrected chi connectivity index (χ3v) is 5.04. The van der Waals surface area contributed by atoms with Crippen LogP contribution >= 0.6 is 27.3 Å². The third-order valence-electron chi connectivity index (χ3n) is 3.08. The summed E-state index contributed by atoms with van der Waals surface area (Å²) in [6.45, 7) is 5.74. The zero-order valence-electron chi connectivity index (χ0n) is 10.4. The molecule has 2 unspecified atom stereocenters. The molecule has 0 aliphatic heterocycles. The highest BCUT2D eigenvalue weighted by Gasteiger charge is 2.16. The number of halogens is 1. The van der Waals surface area contributed by atoms with Crippen LogP contribution < -0.4 is 0 Å². The van der Waals surface area contributed by atoms with E-state index in [1.807, 2.05) is 11.3 Å². The van der Waals surface area contributed by atoms with E-state index in [2.05, 4.69) is 59.2 Å². The average Bonchev–Trinajstić information content (AvgIpc) is 2.80. The lowest BCUT2D eigenvalue weighted by molar-refractivity contribution is 0.226. The van der Waals surface area contributed by atoms with Gasteiger partial charge in [0.15, 0.2) is 0 Å². The van der Waals surface area contributed by atoms with Crippen LogP contribution in [0.1, 0.15) is 37.6 Å². The van der Waals surface area contributed by atoms with Crippen molar-refractivity contribution in [2.45, 2.75) is 32.7 Å². The monoisotopic (exact) mass is 303 g/mol. The highest BCUT2D eigenvalue weighted by molar-refractivity contribution is 9.09. The zero-order valence-corrected chi connectivity index (χ0v) is 12.9. The number of hydrogen-bond acceptors (Lipinski definition) is 2. The summed E-state index contributed by atoms with van der Waals surface area (Å²) in [5.74, 6) is 0.775. The van der Waals surface area contributed by atoms with E-state index < -0.39 is 0 Å². The SMILES string of the molecule is CCCC(CBr)CN(C)C(C)c1cccs1. The molecule has 2 atom stereocenters. The van der Waals surface area contributed by atoms with Crippen LogP contribution in [0.5, 0.6) is 0 Å². The fourth-order valence-electron chi connectivity index (χ4n) is 1.94. The maximum absolute atomic E-state index is 3.62. The van der Waals surface area contributed by atoms with Crippen LogP contribution in [0.3, 0.4) is 0 Å². The Morgan fingerprint density at radius 2 is 2.25 bits per heavy atom. The van der Waals surface area contributed by atoms with Gasteiger partial charge in [0.25, 0.3) is 0 Å². The van der Waals surface area contributed by atoms with Crippen molar-refractivity contribution in [3.05, 3.63) is 22.4 Å². The van der Waals surface area contributed by atoms with Crippen molar-refractivity contribution in [1.82, 2.24) is 4.90 Å². The van der Waals surface area contributed by atoms with Crippen LogP contribution in [0.4, 0.5) is 0 Å². The van der Waals surface area contributed by atoms with E-state index in [1.165, 1.54) is 24.3 Å². The Morgan fingerprint density at radius 1 is 1.50 bits per heavy atom. The highest BCUT2D eigenvalue weighted by atomic mass is 79.9. The second-order valence-corrected chi connectivity index (χ2v) is 6.07. The molecule has 0 amide bonds. The first-order valence-electron chi connectivity index (χ1n) is 5.98. The predicted molar refractivity (Wildman–Crippen MR) is 77.6 cm³/mol. The Bertz CT molecular complexity index is 273. The van der Waals surface area contributed by atoms with Crippen LogP contribution in [-0.2, 0) is 0 Å². The fourth-order valence-corrected chi connectivity index (χ4v) is 3.31. The smallest absolute Gasteiger partial charge is 0.0410 e. The van der Waals surface area contributed by atoms with Gasteiger partial charge in [0, 0.05) is 22.8 Å². The van der Waals surface area contributed by atoms with Gasteiger partial charge in [0.2, 0.25) is 0 Å². The first-order valence-corrected chi connectivity index (χ1v) is 7.98. The summed E-state index contributed by atoms with van der Waals surface area (Å²) in [6.07, 6.45) is 2.59. The molecule has 0 radical (unpaired) electrons. The first kappa shape index (κ1) is 14.2. The molecule has 0 N–H and O–H groups in total. The molecule has 0 saturated heterocycles. The minimum absolute atomic E-state index is 0.540. The molecule has 0 fully saturated rings. The zero-order chi connectivity index (χ0) is 12.0. The lowest BCUT2D eigenvalue weighted by Gasteiger charge is -2.27. The Balaban J connectivity index is 2.47. The topological polar surface area (TPSA) is 3.24 Å². The predicted octanol–water partition coefficient (Wildman–Crippen LogP) is 4.55. The highest BCUT2D eigenvalue weighted by Crippen LogP contribution is 2.25. The lowest BCUT2D eigenvalue weighted by Crippen LogP contribution is -2.28. The van der Waals surface area contributed by atoms with Crippen molar-refractivity contribution in [3.8, 4) is 0 Å². The summed E-state index contributed by atoms with van der Waals surface area (Å²) in [5.41, 5.74) is 0. The number of thiophene rings is 1. The fraction of sp³-hybridized carbons (Fsp3) is 0.692. The summed E-state index contributed by atoms with van der Waals surface area (Å²) in [6, 6.07) is 4.91. The van der Waals surface area contributed by atoms with Crippen molar-refractivity contribution in [3.63, 3.8) is 0 Å². The van der Waals surface area contributed by atoms with Gasteiger partial charge in [-0.15, -0.1) is 11.3 Å². The van der Waals surface area contributed by atoms with Gasteiger partial charge in [-0.1, -0.05) is 35.3 Å². The van der Waals surface area contributed by atoms with Crippen molar-refractivity contribution < 1.29 is 0 Å². The van der Waals surface area contributed by atoms with Crippen LogP contribution in [-0.4, -0.2) is 23.8 Å². The van der Waals surface area contributed by atoms with E-state index in [0.717, 1.165) is 11.2 Å². The molecule has 0 bridgehead atoms. The van der Waals surface area contributed by atoms with E-state index in [1.54, 1.807) is 0 Å². The molecular weight excluding hydrogens is 282 g/mol. The largest absolute Gasteiger partial charge is 0.299 e. The van der Waals surface area contributed by atoms with E-state index >= 15 is 0 Å². The molecule has 1 aromatic rings. The van der Waals surface area contributed by atoms with Crippen molar-refractivity contribution >= 4 is 27.3 Å². The van der Waals surface area contributed by atoms with Gasteiger partial charge in [0.05, 0.1) is 0 Å². The normalized spacial score (nSPS) is 15.3. The number of hydrogen-bond donors (Lipinski definition) is 0. The Labute approximate surface area is 112 Å². The molecule has 0 aliphatic rings. The van der Waals surface area contributed by atoms with Crippen molar-refractivity contribution in [1.29, 1.82) is 0 Å². The summed E-state index contributed by atoms with van der Waals surface area (Å²) in [5, 5.41) is 3.27. The molecule has 1 nitrogen and oxygen atoms in total. The van der Waals surface area contributed by atoms with Crippen LogP contribution in [0.2, 0.25) is 0 Å². The van der Waals surface area contributed by atoms with Gasteiger partial charge in [-0.2, -0.15) is 0 Å². The van der Waals surface area contributed by atoms with Crippen LogP contribution in [0, 0.1) is 5.92 Å². The minimum Gasteiger partial charge on any atom is -0.299 e. The van der Waals surface area contributed by atoms with E-state index in [4.69, 9.17) is 0 Å². The van der Waals surface area contributed by atoms with Gasteiger partial charge >= 0.3 is 0 Å². The third kappa shape index (κ3) is 4.19. The molecule has 0 aromatic carbocycles. The Kier molecular flexibility index (Phi) is 6.62. The number of nitrogens with zero attached hydrogens (tertiary/aromatic N) is 1. The van der Waals surface area contributed by atoms with E-state index in [9.17, 15) is 0 Å². The van der Waals surface area contributed by atoms with Gasteiger partial charge in [-0.25, -0.2) is 0 Å². The summed E-state index contributed by atoms with van der Waals surface area (Å²) in [7, 11) is 2.23. The summed E-state index contributed by atoms with van der Waals surface area (Å²) in [4.78, 5) is 3.93. The van der Waals surface area contributed by atoms with Gasteiger partial charge in [-0.05, 0) is 37.8 Å². The average molecular weight is 304 g/mol. The van der Waals surface area contributed by atoms with Gasteiger partial charge < -0.3 is 0 Å². The molecule has 1 rings (SSSR count). The quantitative estimate of drug-likeness (QED) is 0.668. The molecule has 1 heterocycles. The molecule has 3 heteroatoms. The molecule has 92 valence electrons. The standard InChI is InChI=1S/C13H22BrNS/c1-4-6-12(9-14)10-15(3)11(2)13-7-5-8-16-13/h5,7-8,11-12H,4,6,9-10H2,1-3H3. The maximum atomic E-state index is 3.62. The maximum Gasteiger partial charge on any atom is 0.0410 e. The summed E-state index contributed by atoms with van der Waals surface area (Å²) < 4.78 is 0. The van der Waals surface area contributed by atoms with Crippen molar-refractivity contribution in [2.24, 2.45) is 5.92 Å². The molecule has 1 aromatic heterocycles. The molecular formula is C13H22BrNS. The van der Waals surface area contributed by atoms with E-state index in [0.29, 0.717) is 6.04 Å². The Hall–Kier alpha value is 0.140. The molecule has 0 spiro atoms. The van der Waals surface area contributed by atoms with Crippen molar-refractivity contribution in [2.75, 3.05) is 18.9 Å². The minimum atomic E-state index is 0.540. The van der Waals surface area contributed by atoms with Crippen LogP contribution in [0.25, 0.3) is 0 Å². The lowest BCUT2D eigenvalue weighted by atomic mass is 10.0. The second kappa shape index (κ2) is 7.46. The summed E-state index contributed by atoms with van der Waals surface area (Å²) >= 11 is 5.47. The van der Waals surface area contributed by atoms with Gasteiger partial charge in [0.1, 0.15) is 0 Å². The number of rotatable bonds is 7. The Morgan fingerprint density at radius 3 is 2.75 bits per heavy atom.